The molecule has 2 heterocycles. The molecule has 1 aliphatic heterocycles. The molecule has 0 aliphatic carbocycles. The number of hydrogen-bond donors (Lipinski definition) is 1. The summed E-state index contributed by atoms with van der Waals surface area (Å²) in [5.74, 6) is -0.689. The van der Waals surface area contributed by atoms with Gasteiger partial charge in [-0.25, -0.2) is 0 Å². The maximum absolute atomic E-state index is 12.2. The Labute approximate surface area is 125 Å². The summed E-state index contributed by atoms with van der Waals surface area (Å²) in [5.41, 5.74) is 0.113. The van der Waals surface area contributed by atoms with E-state index in [9.17, 15) is 14.7 Å². The van der Waals surface area contributed by atoms with Gasteiger partial charge in [0.05, 0.1) is 11.8 Å². The van der Waals surface area contributed by atoms with Crippen LogP contribution in [0.3, 0.4) is 0 Å². The topological polar surface area (TPSA) is 70.5 Å². The van der Waals surface area contributed by atoms with Gasteiger partial charge in [-0.1, -0.05) is 19.4 Å². The maximum Gasteiger partial charge on any atom is 0.309 e. The smallest absolute Gasteiger partial charge is 0.309 e. The number of aromatic nitrogens is 1. The van der Waals surface area contributed by atoms with Gasteiger partial charge in [-0.2, -0.15) is 0 Å². The molecule has 0 radical (unpaired) electrons. The molecular weight excluding hydrogens is 268 g/mol. The first-order valence-electron chi connectivity index (χ1n) is 7.48. The van der Waals surface area contributed by atoms with Gasteiger partial charge < -0.3 is 10.0 Å². The van der Waals surface area contributed by atoms with Crippen molar-refractivity contribution in [3.63, 3.8) is 0 Å². The molecule has 1 aromatic rings. The number of amides is 1. The van der Waals surface area contributed by atoms with Crippen molar-refractivity contribution in [1.29, 1.82) is 0 Å². The number of carboxylic acids is 1. The van der Waals surface area contributed by atoms with Crippen molar-refractivity contribution in [2.24, 2.45) is 5.41 Å². The number of piperidine rings is 1. The number of carboxylic acid groups (broad SMARTS) is 1. The summed E-state index contributed by atoms with van der Waals surface area (Å²) in [5, 5.41) is 9.47. The zero-order valence-electron chi connectivity index (χ0n) is 12.4. The predicted octanol–water partition coefficient (Wildman–Crippen LogP) is 2.12. The number of nitrogens with zero attached hydrogens (tertiary/aromatic N) is 2. The van der Waals surface area contributed by atoms with Crippen LogP contribution in [0.5, 0.6) is 0 Å². The lowest BCUT2D eigenvalue weighted by molar-refractivity contribution is -0.155. The van der Waals surface area contributed by atoms with Crippen molar-refractivity contribution in [3.8, 4) is 0 Å². The highest BCUT2D eigenvalue weighted by Gasteiger charge is 2.41. The first-order valence-corrected chi connectivity index (χ1v) is 7.48. The summed E-state index contributed by atoms with van der Waals surface area (Å²) in [6.45, 7) is 3.05. The van der Waals surface area contributed by atoms with Gasteiger partial charge in [0.15, 0.2) is 0 Å². The first kappa shape index (κ1) is 15.5. The normalized spacial score (nSPS) is 17.5. The van der Waals surface area contributed by atoms with Crippen LogP contribution in [-0.4, -0.2) is 40.0 Å². The molecule has 1 aliphatic rings. The molecule has 1 saturated heterocycles. The van der Waals surface area contributed by atoms with E-state index in [1.165, 1.54) is 0 Å². The van der Waals surface area contributed by atoms with Crippen LogP contribution < -0.4 is 0 Å². The molecule has 0 aromatic carbocycles. The summed E-state index contributed by atoms with van der Waals surface area (Å²) < 4.78 is 0. The second-order valence-corrected chi connectivity index (χ2v) is 5.71. The summed E-state index contributed by atoms with van der Waals surface area (Å²) in [6.07, 6.45) is 4.59. The van der Waals surface area contributed by atoms with E-state index in [1.54, 1.807) is 11.1 Å². The van der Waals surface area contributed by atoms with E-state index in [2.05, 4.69) is 4.98 Å². The molecule has 21 heavy (non-hydrogen) atoms. The minimum atomic E-state index is -0.721. The number of carbonyl (C=O) groups excluding carboxylic acids is 1. The summed E-state index contributed by atoms with van der Waals surface area (Å²) in [6, 6.07) is 5.52. The molecule has 2 rings (SSSR count). The second kappa shape index (κ2) is 6.70. The molecule has 0 saturated carbocycles. The predicted molar refractivity (Wildman–Crippen MR) is 78.7 cm³/mol. The van der Waals surface area contributed by atoms with E-state index < -0.39 is 11.4 Å². The monoisotopic (exact) mass is 290 g/mol. The zero-order valence-corrected chi connectivity index (χ0v) is 12.4. The van der Waals surface area contributed by atoms with E-state index in [4.69, 9.17) is 0 Å². The van der Waals surface area contributed by atoms with Gasteiger partial charge in [0.25, 0.3) is 0 Å². The lowest BCUT2D eigenvalue weighted by Gasteiger charge is -2.38. The molecule has 1 amide bonds. The van der Waals surface area contributed by atoms with Gasteiger partial charge in [0, 0.05) is 25.0 Å². The van der Waals surface area contributed by atoms with E-state index in [1.807, 2.05) is 25.1 Å². The van der Waals surface area contributed by atoms with Crippen molar-refractivity contribution in [2.45, 2.75) is 39.0 Å². The first-order chi connectivity index (χ1) is 10.1. The van der Waals surface area contributed by atoms with Crippen LogP contribution in [0, 0.1) is 5.41 Å². The van der Waals surface area contributed by atoms with Gasteiger partial charge >= 0.3 is 5.97 Å². The molecule has 5 heteroatoms. The molecule has 0 unspecified atom stereocenters. The molecule has 1 fully saturated rings. The summed E-state index contributed by atoms with van der Waals surface area (Å²) >= 11 is 0. The van der Waals surface area contributed by atoms with Gasteiger partial charge in [0.1, 0.15) is 0 Å². The Morgan fingerprint density at radius 1 is 1.33 bits per heavy atom. The molecule has 0 atom stereocenters. The minimum absolute atomic E-state index is 0.0317. The number of pyridine rings is 1. The van der Waals surface area contributed by atoms with Crippen molar-refractivity contribution < 1.29 is 14.7 Å². The number of hydrogen-bond acceptors (Lipinski definition) is 3. The third kappa shape index (κ3) is 3.60. The van der Waals surface area contributed by atoms with E-state index in [0.29, 0.717) is 32.4 Å². The standard InChI is InChI=1S/C16H22N2O3/c1-2-6-16(15(20)21)7-10-18(11-8-16)14(19)12-13-5-3-4-9-17-13/h3-5,9H,2,6-8,10-12H2,1H3,(H,20,21). The second-order valence-electron chi connectivity index (χ2n) is 5.71. The highest BCUT2D eigenvalue weighted by atomic mass is 16.4. The highest BCUT2D eigenvalue weighted by molar-refractivity contribution is 5.79. The van der Waals surface area contributed by atoms with Crippen LogP contribution >= 0.6 is 0 Å². The average molecular weight is 290 g/mol. The van der Waals surface area contributed by atoms with E-state index in [-0.39, 0.29) is 12.3 Å². The Hall–Kier alpha value is -1.91. The molecular formula is C16H22N2O3. The van der Waals surface area contributed by atoms with Crippen LogP contribution in [0.25, 0.3) is 0 Å². The fourth-order valence-corrected chi connectivity index (χ4v) is 3.00. The molecule has 114 valence electrons. The molecule has 1 N–H and O–H groups in total. The van der Waals surface area contributed by atoms with Crippen LogP contribution in [0.1, 0.15) is 38.3 Å². The zero-order chi connectivity index (χ0) is 15.3. The number of aliphatic carboxylic acids is 1. The van der Waals surface area contributed by atoms with Crippen LogP contribution in [0.4, 0.5) is 0 Å². The van der Waals surface area contributed by atoms with Crippen molar-refractivity contribution >= 4 is 11.9 Å². The SMILES string of the molecule is CCCC1(C(=O)O)CCN(C(=O)Cc2ccccn2)CC1. The number of carbonyl (C=O) groups is 2. The molecule has 5 nitrogen and oxygen atoms in total. The third-order valence-corrected chi connectivity index (χ3v) is 4.31. The minimum Gasteiger partial charge on any atom is -0.481 e. The molecule has 0 spiro atoms. The van der Waals surface area contributed by atoms with Gasteiger partial charge in [-0.05, 0) is 31.4 Å². The average Bonchev–Trinajstić information content (AvgIpc) is 2.49. The van der Waals surface area contributed by atoms with Crippen molar-refractivity contribution in [3.05, 3.63) is 30.1 Å². The summed E-state index contributed by atoms with van der Waals surface area (Å²) in [4.78, 5) is 29.7. The Bertz CT molecular complexity index is 494. The Morgan fingerprint density at radius 2 is 2.05 bits per heavy atom. The highest BCUT2D eigenvalue weighted by Crippen LogP contribution is 2.36. The quantitative estimate of drug-likeness (QED) is 0.901. The van der Waals surface area contributed by atoms with E-state index in [0.717, 1.165) is 12.1 Å². The maximum atomic E-state index is 12.2. The summed E-state index contributed by atoms with van der Waals surface area (Å²) in [7, 11) is 0. The van der Waals surface area contributed by atoms with Gasteiger partial charge in [-0.3, -0.25) is 14.6 Å². The Morgan fingerprint density at radius 3 is 2.57 bits per heavy atom. The van der Waals surface area contributed by atoms with Crippen molar-refractivity contribution in [1.82, 2.24) is 9.88 Å². The number of likely N-dealkylation sites (tertiary alicyclic amines) is 1. The van der Waals surface area contributed by atoms with Gasteiger partial charge in [0.2, 0.25) is 5.91 Å². The third-order valence-electron chi connectivity index (χ3n) is 4.31. The Balaban J connectivity index is 1.94. The van der Waals surface area contributed by atoms with Crippen LogP contribution in [0.15, 0.2) is 24.4 Å². The van der Waals surface area contributed by atoms with Gasteiger partial charge in [-0.15, -0.1) is 0 Å². The largest absolute Gasteiger partial charge is 0.481 e. The fourth-order valence-electron chi connectivity index (χ4n) is 3.00. The molecule has 1 aromatic heterocycles. The fraction of sp³-hybridized carbons (Fsp3) is 0.562. The van der Waals surface area contributed by atoms with Crippen LogP contribution in [-0.2, 0) is 16.0 Å². The Kier molecular flexibility index (Phi) is 4.94. The number of rotatable bonds is 5. The van der Waals surface area contributed by atoms with Crippen LogP contribution in [0.2, 0.25) is 0 Å². The lowest BCUT2D eigenvalue weighted by Crippen LogP contribution is -2.47. The molecule has 0 bridgehead atoms. The lowest BCUT2D eigenvalue weighted by atomic mass is 9.75. The van der Waals surface area contributed by atoms with Crippen molar-refractivity contribution in [2.75, 3.05) is 13.1 Å². The van der Waals surface area contributed by atoms with E-state index >= 15 is 0 Å².